The Labute approximate surface area is 166 Å². The van der Waals surface area contributed by atoms with Crippen LogP contribution in [0.25, 0.3) is 0 Å². The number of amides is 1. The number of pyridine rings is 1. The smallest absolute Gasteiger partial charge is 0.224 e. The van der Waals surface area contributed by atoms with Crippen molar-refractivity contribution in [2.45, 2.75) is 46.6 Å². The molecule has 1 aliphatic heterocycles. The monoisotopic (exact) mass is 384 g/mol. The predicted molar refractivity (Wildman–Crippen MR) is 112 cm³/mol. The van der Waals surface area contributed by atoms with Crippen molar-refractivity contribution in [1.29, 1.82) is 0 Å². The molecule has 0 bridgehead atoms. The molecule has 5 nitrogen and oxygen atoms in total. The van der Waals surface area contributed by atoms with Gasteiger partial charge in [-0.3, -0.25) is 4.79 Å². The molecule has 0 spiro atoms. The standard InChI is InChI=1S/C22H29FN4O/c1-22(2,3)14-20(28)25-18-10-11-19(26-21(18)27-12-4-5-13-27)24-15-16-6-8-17(23)9-7-16/h6-11H,4-5,12-15H2,1-3H3,(H,24,26)(H,25,28). The van der Waals surface area contributed by atoms with Crippen molar-refractivity contribution in [2.75, 3.05) is 28.6 Å². The maximum absolute atomic E-state index is 13.1. The molecule has 1 aromatic carbocycles. The molecule has 0 atom stereocenters. The molecule has 1 aromatic heterocycles. The summed E-state index contributed by atoms with van der Waals surface area (Å²) in [4.78, 5) is 19.4. The van der Waals surface area contributed by atoms with Crippen molar-refractivity contribution in [2.24, 2.45) is 5.41 Å². The van der Waals surface area contributed by atoms with E-state index in [2.05, 4.69) is 36.3 Å². The van der Waals surface area contributed by atoms with Crippen LogP contribution in [0.1, 0.15) is 45.6 Å². The van der Waals surface area contributed by atoms with Crippen LogP contribution in [0.4, 0.5) is 21.7 Å². The summed E-state index contributed by atoms with van der Waals surface area (Å²) in [6.45, 7) is 8.59. The van der Waals surface area contributed by atoms with E-state index in [1.165, 1.54) is 12.1 Å². The maximum Gasteiger partial charge on any atom is 0.224 e. The van der Waals surface area contributed by atoms with Crippen molar-refractivity contribution < 1.29 is 9.18 Å². The third-order valence-corrected chi connectivity index (χ3v) is 4.63. The number of rotatable bonds is 6. The highest BCUT2D eigenvalue weighted by Crippen LogP contribution is 2.30. The van der Waals surface area contributed by atoms with Gasteiger partial charge in [0.2, 0.25) is 5.91 Å². The molecule has 28 heavy (non-hydrogen) atoms. The average molecular weight is 384 g/mol. The number of carbonyl (C=O) groups is 1. The van der Waals surface area contributed by atoms with Crippen molar-refractivity contribution >= 4 is 23.2 Å². The number of carbonyl (C=O) groups excluding carboxylic acids is 1. The summed E-state index contributed by atoms with van der Waals surface area (Å²) in [7, 11) is 0. The lowest BCUT2D eigenvalue weighted by Crippen LogP contribution is -2.24. The first-order chi connectivity index (χ1) is 13.3. The summed E-state index contributed by atoms with van der Waals surface area (Å²) in [6.07, 6.45) is 2.71. The first-order valence-electron chi connectivity index (χ1n) is 9.84. The van der Waals surface area contributed by atoms with Gasteiger partial charge in [0.05, 0.1) is 5.69 Å². The van der Waals surface area contributed by atoms with E-state index in [-0.39, 0.29) is 17.1 Å². The van der Waals surface area contributed by atoms with E-state index in [0.29, 0.717) is 13.0 Å². The molecule has 1 saturated heterocycles. The van der Waals surface area contributed by atoms with Crippen LogP contribution < -0.4 is 15.5 Å². The highest BCUT2D eigenvalue weighted by molar-refractivity contribution is 5.94. The van der Waals surface area contributed by atoms with E-state index in [1.54, 1.807) is 12.1 Å². The minimum absolute atomic E-state index is 0.00164. The summed E-state index contributed by atoms with van der Waals surface area (Å²) in [5.41, 5.74) is 1.67. The Kier molecular flexibility index (Phi) is 6.17. The summed E-state index contributed by atoms with van der Waals surface area (Å²) >= 11 is 0. The topological polar surface area (TPSA) is 57.3 Å². The predicted octanol–water partition coefficient (Wildman–Crippen LogP) is 4.81. The lowest BCUT2D eigenvalue weighted by Gasteiger charge is -2.23. The zero-order valence-corrected chi connectivity index (χ0v) is 16.9. The third kappa shape index (κ3) is 5.68. The van der Waals surface area contributed by atoms with E-state index in [0.717, 1.165) is 48.8 Å². The molecular formula is C22H29FN4O. The lowest BCUT2D eigenvalue weighted by atomic mass is 9.92. The van der Waals surface area contributed by atoms with Crippen LogP contribution in [0, 0.1) is 11.2 Å². The molecule has 1 amide bonds. The van der Waals surface area contributed by atoms with Gasteiger partial charge < -0.3 is 15.5 Å². The Bertz CT molecular complexity index is 808. The number of hydrogen-bond donors (Lipinski definition) is 2. The fourth-order valence-corrected chi connectivity index (χ4v) is 3.29. The molecule has 2 N–H and O–H groups in total. The van der Waals surface area contributed by atoms with Gasteiger partial charge in [-0.1, -0.05) is 32.9 Å². The number of benzene rings is 1. The van der Waals surface area contributed by atoms with E-state index in [4.69, 9.17) is 4.98 Å². The second kappa shape index (κ2) is 8.59. The van der Waals surface area contributed by atoms with Gasteiger partial charge in [-0.25, -0.2) is 9.37 Å². The molecule has 0 radical (unpaired) electrons. The third-order valence-electron chi connectivity index (χ3n) is 4.63. The van der Waals surface area contributed by atoms with Gasteiger partial charge in [0, 0.05) is 26.1 Å². The average Bonchev–Trinajstić information content (AvgIpc) is 3.15. The summed E-state index contributed by atoms with van der Waals surface area (Å²) in [5, 5.41) is 6.33. The van der Waals surface area contributed by atoms with Crippen LogP contribution in [0.15, 0.2) is 36.4 Å². The van der Waals surface area contributed by atoms with E-state index >= 15 is 0 Å². The summed E-state index contributed by atoms with van der Waals surface area (Å²) < 4.78 is 13.1. The second-order valence-corrected chi connectivity index (χ2v) is 8.53. The number of hydrogen-bond acceptors (Lipinski definition) is 4. The zero-order valence-electron chi connectivity index (χ0n) is 16.9. The molecule has 2 aromatic rings. The van der Waals surface area contributed by atoms with Gasteiger partial charge in [0.15, 0.2) is 5.82 Å². The largest absolute Gasteiger partial charge is 0.366 e. The van der Waals surface area contributed by atoms with Crippen molar-refractivity contribution in [3.05, 3.63) is 47.8 Å². The van der Waals surface area contributed by atoms with Crippen LogP contribution in [0.2, 0.25) is 0 Å². The SMILES string of the molecule is CC(C)(C)CC(=O)Nc1ccc(NCc2ccc(F)cc2)nc1N1CCCC1. The highest BCUT2D eigenvalue weighted by Gasteiger charge is 2.21. The normalized spacial score (nSPS) is 14.2. The molecule has 1 fully saturated rings. The Balaban J connectivity index is 1.75. The lowest BCUT2D eigenvalue weighted by molar-refractivity contribution is -0.117. The number of nitrogens with zero attached hydrogens (tertiary/aromatic N) is 2. The Morgan fingerprint density at radius 1 is 1.11 bits per heavy atom. The van der Waals surface area contributed by atoms with Crippen molar-refractivity contribution in [3.8, 4) is 0 Å². The van der Waals surface area contributed by atoms with Crippen LogP contribution in [-0.4, -0.2) is 24.0 Å². The van der Waals surface area contributed by atoms with Crippen molar-refractivity contribution in [1.82, 2.24) is 4.98 Å². The Hall–Kier alpha value is -2.63. The quantitative estimate of drug-likeness (QED) is 0.751. The molecule has 6 heteroatoms. The fraction of sp³-hybridized carbons (Fsp3) is 0.455. The number of halogens is 1. The summed E-state index contributed by atoms with van der Waals surface area (Å²) in [6, 6.07) is 10.2. The van der Waals surface area contributed by atoms with Gasteiger partial charge in [0.25, 0.3) is 0 Å². The van der Waals surface area contributed by atoms with Gasteiger partial charge in [0.1, 0.15) is 11.6 Å². The maximum atomic E-state index is 13.1. The van der Waals surface area contributed by atoms with E-state index < -0.39 is 0 Å². The Morgan fingerprint density at radius 2 is 1.79 bits per heavy atom. The molecule has 150 valence electrons. The molecular weight excluding hydrogens is 355 g/mol. The van der Waals surface area contributed by atoms with E-state index in [9.17, 15) is 9.18 Å². The Morgan fingerprint density at radius 3 is 2.43 bits per heavy atom. The van der Waals surface area contributed by atoms with E-state index in [1.807, 2.05) is 12.1 Å². The molecule has 3 rings (SSSR count). The number of anilines is 3. The minimum atomic E-state index is -0.242. The van der Waals surface area contributed by atoms with Gasteiger partial charge in [-0.05, 0) is 48.1 Å². The molecule has 1 aliphatic rings. The summed E-state index contributed by atoms with van der Waals surface area (Å²) in [5.74, 6) is 1.30. The van der Waals surface area contributed by atoms with Gasteiger partial charge in [-0.2, -0.15) is 0 Å². The first kappa shape index (κ1) is 20.1. The van der Waals surface area contributed by atoms with Gasteiger partial charge >= 0.3 is 0 Å². The second-order valence-electron chi connectivity index (χ2n) is 8.53. The molecule has 2 heterocycles. The molecule has 0 aliphatic carbocycles. The highest BCUT2D eigenvalue weighted by atomic mass is 19.1. The van der Waals surface area contributed by atoms with Gasteiger partial charge in [-0.15, -0.1) is 0 Å². The fourth-order valence-electron chi connectivity index (χ4n) is 3.29. The molecule has 0 unspecified atom stereocenters. The van der Waals surface area contributed by atoms with Crippen molar-refractivity contribution in [3.63, 3.8) is 0 Å². The van der Waals surface area contributed by atoms with Crippen LogP contribution in [-0.2, 0) is 11.3 Å². The molecule has 0 saturated carbocycles. The zero-order chi connectivity index (χ0) is 20.1. The first-order valence-corrected chi connectivity index (χ1v) is 9.84. The number of nitrogens with one attached hydrogen (secondary N) is 2. The number of aromatic nitrogens is 1. The minimum Gasteiger partial charge on any atom is -0.366 e. The van der Waals surface area contributed by atoms with Crippen LogP contribution in [0.3, 0.4) is 0 Å². The van der Waals surface area contributed by atoms with Crippen LogP contribution >= 0.6 is 0 Å². The van der Waals surface area contributed by atoms with Crippen LogP contribution in [0.5, 0.6) is 0 Å².